The summed E-state index contributed by atoms with van der Waals surface area (Å²) in [7, 11) is 0. The van der Waals surface area contributed by atoms with Crippen LogP contribution in [0, 0.1) is 0 Å². The maximum absolute atomic E-state index is 11.8. The fraction of sp³-hybridized carbons (Fsp3) is 0.556. The molecule has 0 aliphatic carbocycles. The van der Waals surface area contributed by atoms with Crippen LogP contribution in [0.3, 0.4) is 0 Å². The van der Waals surface area contributed by atoms with Gasteiger partial charge in [-0.25, -0.2) is 9.37 Å². The van der Waals surface area contributed by atoms with Gasteiger partial charge >= 0.3 is 0 Å². The Balaban J connectivity index is 2.92. The third-order valence-electron chi connectivity index (χ3n) is 1.58. The summed E-state index contributed by atoms with van der Waals surface area (Å²) in [4.78, 5) is 8.02. The van der Waals surface area contributed by atoms with Crippen molar-refractivity contribution in [1.29, 1.82) is 0 Å². The monoisotopic (exact) mass is 184 g/mol. The number of ether oxygens (including phenoxy) is 1. The largest absolute Gasteiger partial charge is 0.445 e. The van der Waals surface area contributed by atoms with Crippen molar-refractivity contribution in [3.05, 3.63) is 18.1 Å². The molecule has 0 amide bonds. The van der Waals surface area contributed by atoms with E-state index in [0.29, 0.717) is 0 Å². The maximum Gasteiger partial charge on any atom is 0.234 e. The molecule has 0 fully saturated rings. The van der Waals surface area contributed by atoms with Crippen molar-refractivity contribution in [3.8, 4) is 5.88 Å². The Morgan fingerprint density at radius 1 is 1.38 bits per heavy atom. The molecule has 1 aromatic heterocycles. The predicted molar refractivity (Wildman–Crippen MR) is 47.3 cm³/mol. The minimum Gasteiger partial charge on any atom is -0.445 e. The van der Waals surface area contributed by atoms with E-state index in [1.54, 1.807) is 6.20 Å². The first-order chi connectivity index (χ1) is 6.04. The van der Waals surface area contributed by atoms with Crippen LogP contribution < -0.4 is 4.74 Å². The van der Waals surface area contributed by atoms with Gasteiger partial charge in [0, 0.05) is 11.6 Å². The first-order valence-corrected chi connectivity index (χ1v) is 4.05. The molecule has 0 aliphatic heterocycles. The molecule has 72 valence electrons. The molecule has 0 spiro atoms. The van der Waals surface area contributed by atoms with Crippen molar-refractivity contribution in [3.63, 3.8) is 0 Å². The van der Waals surface area contributed by atoms with Gasteiger partial charge in [-0.05, 0) is 0 Å². The molecular formula is C9H13FN2O. The van der Waals surface area contributed by atoms with E-state index in [9.17, 15) is 4.39 Å². The number of hydrogen-bond acceptors (Lipinski definition) is 3. The molecule has 1 heterocycles. The van der Waals surface area contributed by atoms with Gasteiger partial charge in [0.2, 0.25) is 12.7 Å². The van der Waals surface area contributed by atoms with E-state index in [2.05, 4.69) is 14.7 Å². The SMILES string of the molecule is CC(C)(C)c1cncc(OCF)n1. The summed E-state index contributed by atoms with van der Waals surface area (Å²) in [6.07, 6.45) is 3.06. The van der Waals surface area contributed by atoms with Gasteiger partial charge in [-0.2, -0.15) is 0 Å². The van der Waals surface area contributed by atoms with Gasteiger partial charge in [0.25, 0.3) is 0 Å². The molecule has 0 aliphatic rings. The fourth-order valence-corrected chi connectivity index (χ4v) is 0.835. The van der Waals surface area contributed by atoms with Gasteiger partial charge in [0.15, 0.2) is 0 Å². The van der Waals surface area contributed by atoms with Gasteiger partial charge in [0.05, 0.1) is 11.9 Å². The summed E-state index contributed by atoms with van der Waals surface area (Å²) >= 11 is 0. The van der Waals surface area contributed by atoms with Crippen LogP contribution in [0.5, 0.6) is 5.88 Å². The van der Waals surface area contributed by atoms with E-state index < -0.39 is 6.86 Å². The second-order valence-electron chi connectivity index (χ2n) is 3.75. The molecule has 0 N–H and O–H groups in total. The normalized spacial score (nSPS) is 11.4. The van der Waals surface area contributed by atoms with E-state index in [4.69, 9.17) is 0 Å². The number of hydrogen-bond donors (Lipinski definition) is 0. The van der Waals surface area contributed by atoms with Crippen LogP contribution in [0.2, 0.25) is 0 Å². The van der Waals surface area contributed by atoms with E-state index >= 15 is 0 Å². The fourth-order valence-electron chi connectivity index (χ4n) is 0.835. The summed E-state index contributed by atoms with van der Waals surface area (Å²) in [6.45, 7) is 5.16. The summed E-state index contributed by atoms with van der Waals surface area (Å²) < 4.78 is 16.4. The van der Waals surface area contributed by atoms with Gasteiger partial charge in [-0.1, -0.05) is 20.8 Å². The Morgan fingerprint density at radius 3 is 2.62 bits per heavy atom. The number of aromatic nitrogens is 2. The highest BCUT2D eigenvalue weighted by molar-refractivity contribution is 5.14. The molecule has 0 atom stereocenters. The van der Waals surface area contributed by atoms with Crippen LogP contribution in [0.25, 0.3) is 0 Å². The minimum atomic E-state index is -0.873. The van der Waals surface area contributed by atoms with Crippen molar-refractivity contribution < 1.29 is 9.13 Å². The molecule has 3 nitrogen and oxygen atoms in total. The highest BCUT2D eigenvalue weighted by atomic mass is 19.1. The smallest absolute Gasteiger partial charge is 0.234 e. The van der Waals surface area contributed by atoms with Crippen LogP contribution in [-0.4, -0.2) is 16.8 Å². The maximum atomic E-state index is 11.8. The lowest BCUT2D eigenvalue weighted by Crippen LogP contribution is -2.14. The Morgan fingerprint density at radius 2 is 2.08 bits per heavy atom. The van der Waals surface area contributed by atoms with Crippen molar-refractivity contribution in [2.24, 2.45) is 0 Å². The molecule has 0 aromatic carbocycles. The molecule has 13 heavy (non-hydrogen) atoms. The molecular weight excluding hydrogens is 171 g/mol. The zero-order valence-electron chi connectivity index (χ0n) is 8.04. The van der Waals surface area contributed by atoms with Crippen molar-refractivity contribution in [2.75, 3.05) is 6.86 Å². The van der Waals surface area contributed by atoms with Crippen molar-refractivity contribution >= 4 is 0 Å². The van der Waals surface area contributed by atoms with Crippen LogP contribution in [0.15, 0.2) is 12.4 Å². The van der Waals surface area contributed by atoms with Crippen molar-refractivity contribution in [2.45, 2.75) is 26.2 Å². The van der Waals surface area contributed by atoms with Crippen LogP contribution >= 0.6 is 0 Å². The molecule has 0 unspecified atom stereocenters. The van der Waals surface area contributed by atoms with E-state index in [1.807, 2.05) is 20.8 Å². The molecule has 0 saturated carbocycles. The van der Waals surface area contributed by atoms with Crippen LogP contribution in [0.1, 0.15) is 26.5 Å². The zero-order chi connectivity index (χ0) is 9.90. The Hall–Kier alpha value is -1.19. The lowest BCUT2D eigenvalue weighted by molar-refractivity contribution is 0.183. The van der Waals surface area contributed by atoms with Gasteiger partial charge < -0.3 is 4.74 Å². The lowest BCUT2D eigenvalue weighted by atomic mass is 9.93. The number of nitrogens with zero attached hydrogens (tertiary/aromatic N) is 2. The first kappa shape index (κ1) is 9.89. The molecule has 0 saturated heterocycles. The molecule has 0 bridgehead atoms. The lowest BCUT2D eigenvalue weighted by Gasteiger charge is -2.17. The Kier molecular flexibility index (Phi) is 2.80. The summed E-state index contributed by atoms with van der Waals surface area (Å²) in [5.74, 6) is 0.231. The topological polar surface area (TPSA) is 35.0 Å². The van der Waals surface area contributed by atoms with E-state index in [-0.39, 0.29) is 11.3 Å². The molecule has 1 aromatic rings. The summed E-state index contributed by atoms with van der Waals surface area (Å²) in [5, 5.41) is 0. The highest BCUT2D eigenvalue weighted by Gasteiger charge is 2.16. The number of halogens is 1. The van der Waals surface area contributed by atoms with Crippen LogP contribution in [0.4, 0.5) is 4.39 Å². The molecule has 4 heteroatoms. The standard InChI is InChI=1S/C9H13FN2O/c1-9(2,3)7-4-11-5-8(12-7)13-6-10/h4-5H,6H2,1-3H3. The quantitative estimate of drug-likeness (QED) is 0.705. The second kappa shape index (κ2) is 3.68. The predicted octanol–water partition coefficient (Wildman–Crippen LogP) is 2.08. The summed E-state index contributed by atoms with van der Waals surface area (Å²) in [6, 6.07) is 0. The first-order valence-electron chi connectivity index (χ1n) is 4.05. The number of rotatable bonds is 2. The number of alkyl halides is 1. The van der Waals surface area contributed by atoms with Crippen molar-refractivity contribution in [1.82, 2.24) is 9.97 Å². The Labute approximate surface area is 77.0 Å². The second-order valence-corrected chi connectivity index (χ2v) is 3.75. The van der Waals surface area contributed by atoms with E-state index in [1.165, 1.54) is 6.20 Å². The highest BCUT2D eigenvalue weighted by Crippen LogP contribution is 2.20. The third kappa shape index (κ3) is 2.65. The molecule has 1 rings (SSSR count). The van der Waals surface area contributed by atoms with Crippen LogP contribution in [-0.2, 0) is 5.41 Å². The summed E-state index contributed by atoms with van der Waals surface area (Å²) in [5.41, 5.74) is 0.696. The molecule has 0 radical (unpaired) electrons. The van der Waals surface area contributed by atoms with Gasteiger partial charge in [-0.3, -0.25) is 4.98 Å². The average molecular weight is 184 g/mol. The average Bonchev–Trinajstić information content (AvgIpc) is 2.04. The van der Waals surface area contributed by atoms with E-state index in [0.717, 1.165) is 5.69 Å². The minimum absolute atomic E-state index is 0.0946. The Bertz CT molecular complexity index is 283. The van der Waals surface area contributed by atoms with Gasteiger partial charge in [-0.15, -0.1) is 0 Å². The third-order valence-corrected chi connectivity index (χ3v) is 1.58. The zero-order valence-corrected chi connectivity index (χ0v) is 8.04. The van der Waals surface area contributed by atoms with Gasteiger partial charge in [0.1, 0.15) is 0 Å².